The summed E-state index contributed by atoms with van der Waals surface area (Å²) in [7, 11) is 0. The Hall–Kier alpha value is -3.50. The van der Waals surface area contributed by atoms with Gasteiger partial charge in [-0.25, -0.2) is 9.67 Å². The third-order valence-electron chi connectivity index (χ3n) is 4.98. The van der Waals surface area contributed by atoms with Gasteiger partial charge in [0, 0.05) is 33.5 Å². The van der Waals surface area contributed by atoms with Crippen molar-refractivity contribution in [3.63, 3.8) is 0 Å². The van der Waals surface area contributed by atoms with Gasteiger partial charge in [-0.1, -0.05) is 25.1 Å². The van der Waals surface area contributed by atoms with Crippen molar-refractivity contribution >= 4 is 45.7 Å². The lowest BCUT2D eigenvalue weighted by molar-refractivity contribution is 0.0843. The maximum atomic E-state index is 12.8. The number of benzene rings is 2. The molecule has 174 valence electrons. The largest absolute Gasteiger partial charge is 0.290 e. The molecule has 2 heterocycles. The quantitative estimate of drug-likeness (QED) is 0.298. The predicted molar refractivity (Wildman–Crippen MR) is 134 cm³/mol. The van der Waals surface area contributed by atoms with Crippen LogP contribution >= 0.6 is 23.1 Å². The smallest absolute Gasteiger partial charge is 0.267 e. The number of carbonyl (C=O) groups excluding carboxylic acids is 2. The number of fused-ring (bicyclic) bond motifs is 1. The Morgan fingerprint density at radius 1 is 1.03 bits per heavy atom. The minimum atomic E-state index is -0.597. The number of hydrogen-bond acceptors (Lipinski definition) is 7. The summed E-state index contributed by atoms with van der Waals surface area (Å²) in [4.78, 5) is 43.4. The molecule has 4 rings (SSSR count). The van der Waals surface area contributed by atoms with E-state index in [1.54, 1.807) is 59.5 Å². The second kappa shape index (κ2) is 10.6. The van der Waals surface area contributed by atoms with Crippen LogP contribution in [-0.4, -0.2) is 26.6 Å². The van der Waals surface area contributed by atoms with Crippen LogP contribution in [0.3, 0.4) is 0 Å². The summed E-state index contributed by atoms with van der Waals surface area (Å²) in [5.74, 6) is -0.293. The van der Waals surface area contributed by atoms with Gasteiger partial charge in [0.25, 0.3) is 17.4 Å². The first-order valence-corrected chi connectivity index (χ1v) is 12.6. The van der Waals surface area contributed by atoms with E-state index in [1.807, 2.05) is 31.4 Å². The highest BCUT2D eigenvalue weighted by Crippen LogP contribution is 2.24. The van der Waals surface area contributed by atoms with E-state index in [0.29, 0.717) is 29.3 Å². The molecule has 2 N–H and O–H groups in total. The van der Waals surface area contributed by atoms with Gasteiger partial charge in [0.1, 0.15) is 0 Å². The molecular formula is C24H23N5O3S2. The van der Waals surface area contributed by atoms with Crippen molar-refractivity contribution in [3.05, 3.63) is 86.2 Å². The van der Waals surface area contributed by atoms with E-state index in [-0.39, 0.29) is 11.3 Å². The fraction of sp³-hybridized carbons (Fsp3) is 0.208. The Kier molecular flexibility index (Phi) is 7.39. The molecule has 0 aliphatic heterocycles. The highest BCUT2D eigenvalue weighted by Gasteiger charge is 2.17. The van der Waals surface area contributed by atoms with Crippen LogP contribution in [0.25, 0.3) is 10.8 Å². The van der Waals surface area contributed by atoms with Gasteiger partial charge in [0.15, 0.2) is 5.69 Å². The van der Waals surface area contributed by atoms with Gasteiger partial charge >= 0.3 is 0 Å². The molecule has 2 amide bonds. The number of amides is 2. The first-order chi connectivity index (χ1) is 16.5. The van der Waals surface area contributed by atoms with Gasteiger partial charge in [-0.3, -0.25) is 25.2 Å². The Morgan fingerprint density at radius 3 is 2.41 bits per heavy atom. The van der Waals surface area contributed by atoms with Crippen molar-refractivity contribution < 1.29 is 9.59 Å². The second-order valence-corrected chi connectivity index (χ2v) is 9.61. The monoisotopic (exact) mass is 493 g/mol. The van der Waals surface area contributed by atoms with Crippen LogP contribution in [0, 0.1) is 6.92 Å². The minimum absolute atomic E-state index is 0.0768. The second-order valence-electron chi connectivity index (χ2n) is 7.50. The van der Waals surface area contributed by atoms with Crippen molar-refractivity contribution in [2.24, 2.45) is 0 Å². The third-order valence-corrected chi connectivity index (χ3v) is 6.85. The molecule has 0 atom stereocenters. The number of nitrogens with zero attached hydrogens (tertiary/aromatic N) is 3. The van der Waals surface area contributed by atoms with Gasteiger partial charge in [-0.05, 0) is 43.7 Å². The topological polar surface area (TPSA) is 106 Å². The normalized spacial score (nSPS) is 10.9. The van der Waals surface area contributed by atoms with E-state index < -0.39 is 11.8 Å². The number of rotatable bonds is 7. The summed E-state index contributed by atoms with van der Waals surface area (Å²) in [5.41, 5.74) is 6.10. The molecule has 0 aliphatic rings. The number of carbonyl (C=O) groups is 2. The van der Waals surface area contributed by atoms with Crippen LogP contribution in [0.15, 0.2) is 63.6 Å². The molecule has 2 aromatic carbocycles. The molecule has 0 fully saturated rings. The van der Waals surface area contributed by atoms with E-state index in [1.165, 1.54) is 4.68 Å². The van der Waals surface area contributed by atoms with E-state index >= 15 is 0 Å². The van der Waals surface area contributed by atoms with Crippen LogP contribution in [0.5, 0.6) is 0 Å². The number of hydrazine groups is 1. The van der Waals surface area contributed by atoms with Gasteiger partial charge in [0.2, 0.25) is 0 Å². The standard InChI is InChI=1S/C24H23N5O3S2/c1-3-12-29-24(32)20-7-5-4-6-19(20)21(28-29)23(31)27-26-22(30)16-8-10-18(11-9-16)34-14-17-13-33-15(2)25-17/h4-11,13H,3,12,14H2,1-2H3,(H,26,30)(H,27,31). The molecule has 0 aliphatic carbocycles. The van der Waals surface area contributed by atoms with Gasteiger partial charge in [-0.15, -0.1) is 23.1 Å². The van der Waals surface area contributed by atoms with E-state index in [2.05, 4.69) is 20.9 Å². The van der Waals surface area contributed by atoms with Crippen molar-refractivity contribution in [2.45, 2.75) is 37.5 Å². The third kappa shape index (κ3) is 5.35. The molecule has 0 saturated heterocycles. The van der Waals surface area contributed by atoms with Gasteiger partial charge in [0.05, 0.1) is 16.1 Å². The SMILES string of the molecule is CCCn1nc(C(=O)NNC(=O)c2ccc(SCc3csc(C)n3)cc2)c2ccccc2c1=O. The zero-order valence-corrected chi connectivity index (χ0v) is 20.3. The molecule has 34 heavy (non-hydrogen) atoms. The van der Waals surface area contributed by atoms with Crippen LogP contribution < -0.4 is 16.4 Å². The first kappa shape index (κ1) is 23.7. The van der Waals surface area contributed by atoms with Crippen molar-refractivity contribution in [2.75, 3.05) is 0 Å². The van der Waals surface area contributed by atoms with Crippen molar-refractivity contribution in [1.29, 1.82) is 0 Å². The maximum Gasteiger partial charge on any atom is 0.290 e. The summed E-state index contributed by atoms with van der Waals surface area (Å²) < 4.78 is 1.28. The molecule has 2 aromatic heterocycles. The average molecular weight is 494 g/mol. The zero-order chi connectivity index (χ0) is 24.1. The number of thiazole rings is 1. The molecule has 0 unspecified atom stereocenters. The fourth-order valence-electron chi connectivity index (χ4n) is 3.35. The molecule has 0 saturated carbocycles. The molecular weight excluding hydrogens is 470 g/mol. The van der Waals surface area contributed by atoms with E-state index in [4.69, 9.17) is 0 Å². The van der Waals surface area contributed by atoms with Crippen LogP contribution in [0.1, 0.15) is 44.9 Å². The Balaban J connectivity index is 1.42. The molecule has 0 bridgehead atoms. The predicted octanol–water partition coefficient (Wildman–Crippen LogP) is 3.94. The molecule has 0 radical (unpaired) electrons. The number of nitrogens with one attached hydrogen (secondary N) is 2. The van der Waals surface area contributed by atoms with Crippen molar-refractivity contribution in [3.8, 4) is 0 Å². The molecule has 4 aromatic rings. The summed E-state index contributed by atoms with van der Waals surface area (Å²) in [5, 5.41) is 8.15. The molecule has 0 spiro atoms. The van der Waals surface area contributed by atoms with Crippen molar-refractivity contribution in [1.82, 2.24) is 25.6 Å². The number of aryl methyl sites for hydroxylation is 2. The number of thioether (sulfide) groups is 1. The Morgan fingerprint density at radius 2 is 1.74 bits per heavy atom. The Bertz CT molecular complexity index is 1400. The zero-order valence-electron chi connectivity index (χ0n) is 18.7. The molecule has 10 heteroatoms. The van der Waals surface area contributed by atoms with Crippen LogP contribution in [0.4, 0.5) is 0 Å². The lowest BCUT2D eigenvalue weighted by Gasteiger charge is -2.11. The van der Waals surface area contributed by atoms with Crippen LogP contribution in [-0.2, 0) is 12.3 Å². The Labute approximate surface area is 204 Å². The van der Waals surface area contributed by atoms with Gasteiger partial charge in [-0.2, -0.15) is 5.10 Å². The first-order valence-electron chi connectivity index (χ1n) is 10.7. The highest BCUT2D eigenvalue weighted by atomic mass is 32.2. The average Bonchev–Trinajstić information content (AvgIpc) is 3.28. The van der Waals surface area contributed by atoms with Gasteiger partial charge < -0.3 is 0 Å². The summed E-state index contributed by atoms with van der Waals surface area (Å²) in [6, 6.07) is 13.9. The van der Waals surface area contributed by atoms with E-state index in [9.17, 15) is 14.4 Å². The highest BCUT2D eigenvalue weighted by molar-refractivity contribution is 7.98. The van der Waals surface area contributed by atoms with Crippen LogP contribution in [0.2, 0.25) is 0 Å². The lowest BCUT2D eigenvalue weighted by atomic mass is 10.1. The minimum Gasteiger partial charge on any atom is -0.267 e. The fourth-order valence-corrected chi connectivity index (χ4v) is 4.85. The maximum absolute atomic E-state index is 12.8. The van der Waals surface area contributed by atoms with E-state index in [0.717, 1.165) is 21.3 Å². The summed E-state index contributed by atoms with van der Waals surface area (Å²) in [6.07, 6.45) is 0.695. The number of hydrogen-bond donors (Lipinski definition) is 2. The number of aromatic nitrogens is 3. The molecule has 8 nitrogen and oxygen atoms in total. The lowest BCUT2D eigenvalue weighted by Crippen LogP contribution is -2.42. The summed E-state index contributed by atoms with van der Waals surface area (Å²) >= 11 is 3.26. The summed E-state index contributed by atoms with van der Waals surface area (Å²) in [6.45, 7) is 4.29.